The summed E-state index contributed by atoms with van der Waals surface area (Å²) in [5.74, 6) is -0.191. The summed E-state index contributed by atoms with van der Waals surface area (Å²) in [7, 11) is 0. The van der Waals surface area contributed by atoms with Gasteiger partial charge in [-0.25, -0.2) is 4.39 Å². The average molecular weight is 382 g/mol. The van der Waals surface area contributed by atoms with Crippen molar-refractivity contribution in [2.45, 2.75) is 48.6 Å². The van der Waals surface area contributed by atoms with Crippen LogP contribution in [0, 0.1) is 12.7 Å². The van der Waals surface area contributed by atoms with Crippen LogP contribution < -0.4 is 0 Å². The van der Waals surface area contributed by atoms with Crippen LogP contribution in [-0.2, 0) is 11.3 Å². The van der Waals surface area contributed by atoms with Gasteiger partial charge in [-0.2, -0.15) is 0 Å². The van der Waals surface area contributed by atoms with E-state index in [0.29, 0.717) is 0 Å². The summed E-state index contributed by atoms with van der Waals surface area (Å²) in [6.45, 7) is 3.75. The molecule has 0 amide bonds. The number of hydrogen-bond donors (Lipinski definition) is 0. The number of ether oxygens (including phenoxy) is 1. The summed E-state index contributed by atoms with van der Waals surface area (Å²) in [5, 5.41) is 0. The zero-order chi connectivity index (χ0) is 18.6. The second kappa shape index (κ2) is 8.32. The van der Waals surface area contributed by atoms with E-state index in [0.717, 1.165) is 47.8 Å². The van der Waals surface area contributed by atoms with Crippen LogP contribution in [0.1, 0.15) is 42.2 Å². The molecule has 1 atom stereocenters. The molecule has 4 rings (SSSR count). The molecular formula is C23H24FNOS. The normalized spacial score (nSPS) is 17.2. The Balaban J connectivity index is 1.47. The van der Waals surface area contributed by atoms with Crippen LogP contribution in [0.25, 0.3) is 0 Å². The van der Waals surface area contributed by atoms with Gasteiger partial charge in [-0.3, -0.25) is 0 Å². The highest BCUT2D eigenvalue weighted by molar-refractivity contribution is 7.99. The molecule has 1 aliphatic rings. The maximum absolute atomic E-state index is 14.1. The third-order valence-electron chi connectivity index (χ3n) is 5.01. The lowest BCUT2D eigenvalue weighted by molar-refractivity contribution is 0.0146. The molecule has 0 aliphatic carbocycles. The molecule has 3 aromatic rings. The topological polar surface area (TPSA) is 14.2 Å². The van der Waals surface area contributed by atoms with Crippen molar-refractivity contribution in [3.63, 3.8) is 0 Å². The fraction of sp³-hybridized carbons (Fsp3) is 0.304. The van der Waals surface area contributed by atoms with Crippen LogP contribution >= 0.6 is 11.8 Å². The molecule has 2 nitrogen and oxygen atoms in total. The molecule has 140 valence electrons. The second-order valence-corrected chi connectivity index (χ2v) is 8.25. The van der Waals surface area contributed by atoms with Gasteiger partial charge < -0.3 is 9.30 Å². The lowest BCUT2D eigenvalue weighted by Gasteiger charge is -2.23. The second-order valence-electron chi connectivity index (χ2n) is 7.10. The summed E-state index contributed by atoms with van der Waals surface area (Å²) < 4.78 is 22.2. The van der Waals surface area contributed by atoms with Crippen molar-refractivity contribution in [1.82, 2.24) is 4.57 Å². The highest BCUT2D eigenvalue weighted by Crippen LogP contribution is 2.34. The first-order chi connectivity index (χ1) is 13.2. The van der Waals surface area contributed by atoms with Crippen LogP contribution in [-0.4, -0.2) is 11.2 Å². The van der Waals surface area contributed by atoms with Gasteiger partial charge in [0.1, 0.15) is 5.82 Å². The van der Waals surface area contributed by atoms with Crippen molar-refractivity contribution in [3.8, 4) is 0 Å². The van der Waals surface area contributed by atoms with Gasteiger partial charge in [0.05, 0.1) is 6.10 Å². The molecule has 0 bridgehead atoms. The smallest absolute Gasteiger partial charge is 0.124 e. The quantitative estimate of drug-likeness (QED) is 0.509. The zero-order valence-electron chi connectivity index (χ0n) is 15.5. The van der Waals surface area contributed by atoms with E-state index in [1.807, 2.05) is 0 Å². The average Bonchev–Trinajstić information content (AvgIpc) is 3.08. The van der Waals surface area contributed by atoms with E-state index in [1.54, 1.807) is 23.9 Å². The van der Waals surface area contributed by atoms with Crippen LogP contribution in [0.5, 0.6) is 0 Å². The number of halogens is 1. The van der Waals surface area contributed by atoms with Gasteiger partial charge >= 0.3 is 0 Å². The van der Waals surface area contributed by atoms with Crippen molar-refractivity contribution < 1.29 is 9.13 Å². The molecule has 0 N–H and O–H groups in total. The number of hydrogen-bond acceptors (Lipinski definition) is 2. The summed E-state index contributed by atoms with van der Waals surface area (Å²) in [6, 6.07) is 18.0. The predicted octanol–water partition coefficient (Wildman–Crippen LogP) is 6.38. The molecule has 27 heavy (non-hydrogen) atoms. The minimum absolute atomic E-state index is 0.0287. The monoisotopic (exact) mass is 381 g/mol. The Morgan fingerprint density at radius 3 is 2.63 bits per heavy atom. The SMILES string of the molecule is Cc1cccn1Cc1ccc(Sc2cc(F)cc(C3CCCCO3)c2)cc1. The van der Waals surface area contributed by atoms with Crippen LogP contribution in [0.2, 0.25) is 0 Å². The summed E-state index contributed by atoms with van der Waals surface area (Å²) in [4.78, 5) is 2.04. The van der Waals surface area contributed by atoms with E-state index in [9.17, 15) is 4.39 Å². The number of benzene rings is 2. The Hall–Kier alpha value is -2.04. The lowest BCUT2D eigenvalue weighted by Crippen LogP contribution is -2.11. The molecule has 2 aromatic carbocycles. The van der Waals surface area contributed by atoms with Crippen molar-refractivity contribution in [2.24, 2.45) is 0 Å². The van der Waals surface area contributed by atoms with E-state index in [2.05, 4.69) is 60.2 Å². The molecule has 0 spiro atoms. The van der Waals surface area contributed by atoms with Crippen molar-refractivity contribution >= 4 is 11.8 Å². The minimum atomic E-state index is -0.191. The van der Waals surface area contributed by atoms with E-state index in [-0.39, 0.29) is 11.9 Å². The molecular weight excluding hydrogens is 357 g/mol. The molecule has 0 radical (unpaired) electrons. The number of nitrogens with zero attached hydrogens (tertiary/aromatic N) is 1. The molecule has 0 saturated carbocycles. The molecule has 1 aliphatic heterocycles. The Morgan fingerprint density at radius 1 is 1.07 bits per heavy atom. The fourth-order valence-electron chi connectivity index (χ4n) is 3.51. The standard InChI is InChI=1S/C23H24FNOS/c1-17-5-4-11-25(17)16-18-7-9-21(10-8-18)27-22-14-19(13-20(24)15-22)23-6-2-3-12-26-23/h4-5,7-11,13-15,23H,2-3,6,12,16H2,1H3. The first-order valence-corrected chi connectivity index (χ1v) is 10.3. The highest BCUT2D eigenvalue weighted by atomic mass is 32.2. The van der Waals surface area contributed by atoms with Gasteiger partial charge in [0.2, 0.25) is 0 Å². The Kier molecular flexibility index (Phi) is 5.65. The number of aromatic nitrogens is 1. The molecule has 1 fully saturated rings. The first-order valence-electron chi connectivity index (χ1n) is 9.48. The largest absolute Gasteiger partial charge is 0.374 e. The summed E-state index contributed by atoms with van der Waals surface area (Å²) in [5.41, 5.74) is 3.47. The van der Waals surface area contributed by atoms with Gasteiger partial charge in [-0.15, -0.1) is 0 Å². The first kappa shape index (κ1) is 18.3. The zero-order valence-corrected chi connectivity index (χ0v) is 16.3. The van der Waals surface area contributed by atoms with E-state index in [4.69, 9.17) is 4.74 Å². The van der Waals surface area contributed by atoms with Crippen LogP contribution in [0.3, 0.4) is 0 Å². The van der Waals surface area contributed by atoms with Crippen molar-refractivity contribution in [3.05, 3.63) is 83.4 Å². The van der Waals surface area contributed by atoms with Crippen LogP contribution in [0.4, 0.5) is 4.39 Å². The highest BCUT2D eigenvalue weighted by Gasteiger charge is 2.17. The molecule has 2 heterocycles. The van der Waals surface area contributed by atoms with E-state index in [1.165, 1.54) is 11.3 Å². The van der Waals surface area contributed by atoms with Gasteiger partial charge in [-0.05, 0) is 79.8 Å². The lowest BCUT2D eigenvalue weighted by atomic mass is 10.0. The van der Waals surface area contributed by atoms with Crippen LogP contribution in [0.15, 0.2) is 70.6 Å². The molecule has 1 unspecified atom stereocenters. The summed E-state index contributed by atoms with van der Waals surface area (Å²) in [6.07, 6.45) is 5.34. The Labute approximate surface area is 164 Å². The van der Waals surface area contributed by atoms with Crippen molar-refractivity contribution in [2.75, 3.05) is 6.61 Å². The third-order valence-corrected chi connectivity index (χ3v) is 5.99. The van der Waals surface area contributed by atoms with Gasteiger partial charge in [0.25, 0.3) is 0 Å². The number of aryl methyl sites for hydroxylation is 1. The van der Waals surface area contributed by atoms with Gasteiger partial charge in [0, 0.05) is 34.8 Å². The maximum Gasteiger partial charge on any atom is 0.124 e. The maximum atomic E-state index is 14.1. The third kappa shape index (κ3) is 4.63. The van der Waals surface area contributed by atoms with E-state index < -0.39 is 0 Å². The van der Waals surface area contributed by atoms with E-state index >= 15 is 0 Å². The molecule has 1 saturated heterocycles. The van der Waals surface area contributed by atoms with Crippen molar-refractivity contribution in [1.29, 1.82) is 0 Å². The summed E-state index contributed by atoms with van der Waals surface area (Å²) >= 11 is 1.60. The molecule has 1 aromatic heterocycles. The molecule has 4 heteroatoms. The van der Waals surface area contributed by atoms with Gasteiger partial charge in [-0.1, -0.05) is 23.9 Å². The Bertz CT molecular complexity index is 897. The fourth-order valence-corrected chi connectivity index (χ4v) is 4.42. The predicted molar refractivity (Wildman–Crippen MR) is 108 cm³/mol. The van der Waals surface area contributed by atoms with Gasteiger partial charge in [0.15, 0.2) is 0 Å². The Morgan fingerprint density at radius 2 is 1.93 bits per heavy atom. The minimum Gasteiger partial charge on any atom is -0.374 e. The number of rotatable bonds is 5.